The van der Waals surface area contributed by atoms with Crippen LogP contribution < -0.4 is 10.1 Å². The number of rotatable bonds is 8. The predicted molar refractivity (Wildman–Crippen MR) is 136 cm³/mol. The standard InChI is InChI=1S/C27H20N4O4S/c32-24(28-15-17-5-4-8-19(11-17)27(33)34)14-26-31-21-10-9-20(12-23(21)36-26)35-25-13-22(29-16-30-25)18-6-2-1-3-7-18/h1-13,16H,14-15H2,(H,28,32)(H,33,34). The average Bonchev–Trinajstić information content (AvgIpc) is 3.30. The number of nitrogens with zero attached hydrogens (tertiary/aromatic N) is 3. The van der Waals surface area contributed by atoms with E-state index < -0.39 is 5.97 Å². The molecule has 9 heteroatoms. The molecule has 0 atom stereocenters. The van der Waals surface area contributed by atoms with Crippen molar-refractivity contribution in [1.29, 1.82) is 0 Å². The van der Waals surface area contributed by atoms with E-state index in [1.54, 1.807) is 24.3 Å². The van der Waals surface area contributed by atoms with Crippen molar-refractivity contribution in [2.24, 2.45) is 0 Å². The van der Waals surface area contributed by atoms with Crippen molar-refractivity contribution in [2.75, 3.05) is 0 Å². The van der Waals surface area contributed by atoms with Gasteiger partial charge in [0, 0.05) is 24.2 Å². The van der Waals surface area contributed by atoms with Crippen LogP contribution in [0.1, 0.15) is 20.9 Å². The average molecular weight is 497 g/mol. The zero-order valence-electron chi connectivity index (χ0n) is 18.9. The van der Waals surface area contributed by atoms with Gasteiger partial charge in [-0.1, -0.05) is 42.5 Å². The number of carbonyl (C=O) groups is 2. The largest absolute Gasteiger partial charge is 0.478 e. The Morgan fingerprint density at radius 2 is 1.81 bits per heavy atom. The van der Waals surface area contributed by atoms with Crippen LogP contribution in [0.4, 0.5) is 0 Å². The quantitative estimate of drug-likeness (QED) is 0.307. The highest BCUT2D eigenvalue weighted by atomic mass is 32.1. The summed E-state index contributed by atoms with van der Waals surface area (Å²) in [7, 11) is 0. The minimum Gasteiger partial charge on any atom is -0.478 e. The number of nitrogens with one attached hydrogen (secondary N) is 1. The van der Waals surface area contributed by atoms with E-state index >= 15 is 0 Å². The molecule has 0 saturated carbocycles. The van der Waals surface area contributed by atoms with Gasteiger partial charge in [0.15, 0.2) is 0 Å². The Kier molecular flexibility index (Phi) is 6.63. The van der Waals surface area contributed by atoms with E-state index in [0.717, 1.165) is 27.0 Å². The predicted octanol–water partition coefficient (Wildman–Crippen LogP) is 5.10. The highest BCUT2D eigenvalue weighted by Crippen LogP contribution is 2.30. The highest BCUT2D eigenvalue weighted by Gasteiger charge is 2.12. The molecule has 36 heavy (non-hydrogen) atoms. The third-order valence-corrected chi connectivity index (χ3v) is 6.33. The summed E-state index contributed by atoms with van der Waals surface area (Å²) in [6.45, 7) is 0.243. The number of amides is 1. The third kappa shape index (κ3) is 5.53. The summed E-state index contributed by atoms with van der Waals surface area (Å²) in [5, 5.41) is 12.6. The Morgan fingerprint density at radius 3 is 2.64 bits per heavy atom. The van der Waals surface area contributed by atoms with Gasteiger partial charge in [-0.25, -0.2) is 19.7 Å². The summed E-state index contributed by atoms with van der Waals surface area (Å²) >= 11 is 1.42. The van der Waals surface area contributed by atoms with E-state index in [0.29, 0.717) is 16.6 Å². The second-order valence-electron chi connectivity index (χ2n) is 7.91. The van der Waals surface area contributed by atoms with E-state index in [1.165, 1.54) is 23.7 Å². The number of hydrogen-bond acceptors (Lipinski definition) is 7. The Labute approximate surface area is 210 Å². The molecule has 0 bridgehead atoms. The molecular weight excluding hydrogens is 476 g/mol. The summed E-state index contributed by atoms with van der Waals surface area (Å²) < 4.78 is 6.85. The maximum Gasteiger partial charge on any atom is 0.335 e. The second kappa shape index (κ2) is 10.3. The van der Waals surface area contributed by atoms with Crippen molar-refractivity contribution in [1.82, 2.24) is 20.3 Å². The van der Waals surface area contributed by atoms with Crippen LogP contribution >= 0.6 is 11.3 Å². The van der Waals surface area contributed by atoms with E-state index in [9.17, 15) is 9.59 Å². The van der Waals surface area contributed by atoms with Gasteiger partial charge in [0.25, 0.3) is 0 Å². The van der Waals surface area contributed by atoms with E-state index in [-0.39, 0.29) is 24.4 Å². The summed E-state index contributed by atoms with van der Waals surface area (Å²) in [5.74, 6) is -0.157. The number of benzene rings is 3. The second-order valence-corrected chi connectivity index (χ2v) is 9.02. The SMILES string of the molecule is O=C(Cc1nc2ccc(Oc3cc(-c4ccccc4)ncn3)cc2s1)NCc1cccc(C(=O)O)c1. The first kappa shape index (κ1) is 23.1. The van der Waals surface area contributed by atoms with Crippen LogP contribution in [0.15, 0.2) is 85.2 Å². The third-order valence-electron chi connectivity index (χ3n) is 5.31. The Bertz CT molecular complexity index is 1550. The van der Waals surface area contributed by atoms with Crippen molar-refractivity contribution >= 4 is 33.4 Å². The van der Waals surface area contributed by atoms with Gasteiger partial charge in [-0.05, 0) is 29.8 Å². The van der Waals surface area contributed by atoms with Crippen molar-refractivity contribution in [2.45, 2.75) is 13.0 Å². The zero-order valence-corrected chi connectivity index (χ0v) is 19.7. The molecule has 2 aromatic heterocycles. The molecule has 0 unspecified atom stereocenters. The molecule has 2 N–H and O–H groups in total. The van der Waals surface area contributed by atoms with Crippen LogP contribution in [0, 0.1) is 0 Å². The van der Waals surface area contributed by atoms with E-state index in [4.69, 9.17) is 9.84 Å². The maximum absolute atomic E-state index is 12.4. The Balaban J connectivity index is 1.24. The molecule has 8 nitrogen and oxygen atoms in total. The van der Waals surface area contributed by atoms with Gasteiger partial charge in [0.2, 0.25) is 11.8 Å². The number of ether oxygens (including phenoxy) is 1. The number of carboxylic acid groups (broad SMARTS) is 1. The van der Waals surface area contributed by atoms with Gasteiger partial charge in [-0.2, -0.15) is 0 Å². The van der Waals surface area contributed by atoms with Gasteiger partial charge in [-0.3, -0.25) is 4.79 Å². The van der Waals surface area contributed by atoms with Crippen LogP contribution in [0.2, 0.25) is 0 Å². The van der Waals surface area contributed by atoms with E-state index in [1.807, 2.05) is 48.5 Å². The molecule has 0 fully saturated rings. The fourth-order valence-electron chi connectivity index (χ4n) is 3.59. The molecular formula is C27H20N4O4S. The van der Waals surface area contributed by atoms with Gasteiger partial charge in [0.1, 0.15) is 17.1 Å². The summed E-state index contributed by atoms with van der Waals surface area (Å²) in [4.78, 5) is 36.6. The summed E-state index contributed by atoms with van der Waals surface area (Å²) in [5.41, 5.74) is 3.42. The Hall–Kier alpha value is -4.63. The molecule has 0 spiro atoms. The number of carboxylic acids is 1. The molecule has 0 aliphatic rings. The first-order chi connectivity index (χ1) is 17.5. The Morgan fingerprint density at radius 1 is 0.944 bits per heavy atom. The smallest absolute Gasteiger partial charge is 0.335 e. The molecule has 5 aromatic rings. The van der Waals surface area contributed by atoms with Crippen molar-refractivity contribution in [3.63, 3.8) is 0 Å². The summed E-state index contributed by atoms with van der Waals surface area (Å²) in [6.07, 6.45) is 1.60. The number of fused-ring (bicyclic) bond motifs is 1. The van der Waals surface area contributed by atoms with Crippen LogP contribution in [-0.4, -0.2) is 31.9 Å². The topological polar surface area (TPSA) is 114 Å². The number of thiazole rings is 1. The fourth-order valence-corrected chi connectivity index (χ4v) is 4.58. The normalized spacial score (nSPS) is 10.8. The lowest BCUT2D eigenvalue weighted by Gasteiger charge is -2.06. The lowest BCUT2D eigenvalue weighted by molar-refractivity contribution is -0.120. The number of carbonyl (C=O) groups excluding carboxylic acids is 1. The lowest BCUT2D eigenvalue weighted by atomic mass is 10.1. The number of aromatic nitrogens is 3. The van der Waals surface area contributed by atoms with Crippen LogP contribution in [0.5, 0.6) is 11.6 Å². The molecule has 0 aliphatic heterocycles. The van der Waals surface area contributed by atoms with Gasteiger partial charge in [-0.15, -0.1) is 11.3 Å². The van der Waals surface area contributed by atoms with Crippen LogP contribution in [0.3, 0.4) is 0 Å². The first-order valence-electron chi connectivity index (χ1n) is 11.1. The van der Waals surface area contributed by atoms with Gasteiger partial charge in [0.05, 0.1) is 27.9 Å². The number of aromatic carboxylic acids is 1. The van der Waals surface area contributed by atoms with E-state index in [2.05, 4.69) is 20.3 Å². The maximum atomic E-state index is 12.4. The molecule has 1 amide bonds. The molecule has 0 saturated heterocycles. The zero-order chi connectivity index (χ0) is 24.9. The van der Waals surface area contributed by atoms with Crippen LogP contribution in [0.25, 0.3) is 21.5 Å². The molecule has 178 valence electrons. The van der Waals surface area contributed by atoms with Crippen molar-refractivity contribution in [3.8, 4) is 22.9 Å². The van der Waals surface area contributed by atoms with Crippen molar-refractivity contribution in [3.05, 3.63) is 101 Å². The number of hydrogen-bond donors (Lipinski definition) is 2. The monoisotopic (exact) mass is 496 g/mol. The van der Waals surface area contributed by atoms with Crippen LogP contribution in [-0.2, 0) is 17.8 Å². The van der Waals surface area contributed by atoms with Gasteiger partial charge < -0.3 is 15.2 Å². The molecule has 3 aromatic carbocycles. The lowest BCUT2D eigenvalue weighted by Crippen LogP contribution is -2.24. The first-order valence-corrected chi connectivity index (χ1v) is 11.9. The molecule has 2 heterocycles. The van der Waals surface area contributed by atoms with Gasteiger partial charge >= 0.3 is 5.97 Å². The molecule has 0 aliphatic carbocycles. The fraction of sp³-hybridized carbons (Fsp3) is 0.0741. The summed E-state index contributed by atoms with van der Waals surface area (Å²) in [6, 6.07) is 23.6. The molecule has 0 radical (unpaired) electrons. The highest BCUT2D eigenvalue weighted by molar-refractivity contribution is 7.18. The minimum atomic E-state index is -1.00. The minimum absolute atomic E-state index is 0.126. The van der Waals surface area contributed by atoms with Crippen molar-refractivity contribution < 1.29 is 19.4 Å². The molecule has 5 rings (SSSR count).